The Kier molecular flexibility index (Phi) is 4.75. The highest BCUT2D eigenvalue weighted by Crippen LogP contribution is 2.39. The number of aliphatic hydroxyl groups excluding tert-OH is 1. The van der Waals surface area contributed by atoms with Gasteiger partial charge in [0.15, 0.2) is 0 Å². The first-order valence-electron chi connectivity index (χ1n) is 12.3. The molecule has 1 saturated heterocycles. The molecule has 3 N–H and O–H groups in total. The summed E-state index contributed by atoms with van der Waals surface area (Å²) in [5, 5.41) is 16.6. The molecular weight excluding hydrogens is 459 g/mol. The molecule has 3 aromatic heterocycles. The fraction of sp³-hybridized carbons (Fsp3) is 0.296. The first-order chi connectivity index (χ1) is 17.5. The van der Waals surface area contributed by atoms with Gasteiger partial charge < -0.3 is 20.6 Å². The zero-order valence-electron chi connectivity index (χ0n) is 19.5. The highest BCUT2D eigenvalue weighted by atomic mass is 19.1. The van der Waals surface area contributed by atoms with Crippen molar-refractivity contribution in [1.29, 1.82) is 0 Å². The maximum Gasteiger partial charge on any atom is 0.254 e. The summed E-state index contributed by atoms with van der Waals surface area (Å²) >= 11 is 0. The summed E-state index contributed by atoms with van der Waals surface area (Å²) in [6.45, 7) is 2.12. The lowest BCUT2D eigenvalue weighted by Crippen LogP contribution is -2.44. The Hall–Kier alpha value is -3.98. The van der Waals surface area contributed by atoms with Crippen LogP contribution in [-0.2, 0) is 6.54 Å². The lowest BCUT2D eigenvalue weighted by molar-refractivity contribution is 0.0792. The predicted octanol–water partition coefficient (Wildman–Crippen LogP) is 3.73. The van der Waals surface area contributed by atoms with Crippen molar-refractivity contribution >= 4 is 28.7 Å². The highest BCUT2D eigenvalue weighted by molar-refractivity contribution is 6.06. The Bertz CT molecular complexity index is 1490. The molecule has 182 valence electrons. The third-order valence-electron chi connectivity index (χ3n) is 7.88. The first kappa shape index (κ1) is 21.3. The van der Waals surface area contributed by atoms with Crippen LogP contribution in [0.3, 0.4) is 0 Å². The number of hydrogen-bond donors (Lipinski definition) is 3. The number of imidazole rings is 1. The van der Waals surface area contributed by atoms with Gasteiger partial charge in [-0.2, -0.15) is 0 Å². The van der Waals surface area contributed by atoms with Crippen molar-refractivity contribution in [3.8, 4) is 11.3 Å². The first-order valence-corrected chi connectivity index (χ1v) is 12.3. The fourth-order valence-electron chi connectivity index (χ4n) is 6.04. The average Bonchev–Trinajstić information content (AvgIpc) is 3.52. The number of piperidine rings is 1. The van der Waals surface area contributed by atoms with Crippen LogP contribution in [0.5, 0.6) is 0 Å². The van der Waals surface area contributed by atoms with Gasteiger partial charge in [-0.05, 0) is 42.7 Å². The summed E-state index contributed by atoms with van der Waals surface area (Å²) in [6.07, 6.45) is 7.20. The van der Waals surface area contributed by atoms with Crippen LogP contribution in [0.1, 0.15) is 28.8 Å². The van der Waals surface area contributed by atoms with E-state index in [1.54, 1.807) is 12.4 Å². The summed E-state index contributed by atoms with van der Waals surface area (Å²) in [5.41, 5.74) is 5.37. The van der Waals surface area contributed by atoms with Gasteiger partial charge >= 0.3 is 0 Å². The number of anilines is 3. The zero-order chi connectivity index (χ0) is 24.4. The molecule has 8 nitrogen and oxygen atoms in total. The van der Waals surface area contributed by atoms with Gasteiger partial charge in [0.25, 0.3) is 5.91 Å². The molecule has 3 atom stereocenters. The molecule has 9 heteroatoms. The van der Waals surface area contributed by atoms with Crippen molar-refractivity contribution in [2.75, 3.05) is 23.3 Å². The van der Waals surface area contributed by atoms with Crippen LogP contribution < -0.4 is 15.5 Å². The normalized spacial score (nSPS) is 22.7. The van der Waals surface area contributed by atoms with Crippen LogP contribution in [0, 0.1) is 17.7 Å². The molecule has 1 saturated carbocycles. The molecule has 4 aromatic rings. The molecule has 1 amide bonds. The van der Waals surface area contributed by atoms with Crippen molar-refractivity contribution in [1.82, 2.24) is 19.7 Å². The number of carbonyl (C=O) groups is 1. The van der Waals surface area contributed by atoms with Crippen molar-refractivity contribution in [3.63, 3.8) is 0 Å². The van der Waals surface area contributed by atoms with Crippen LogP contribution in [0.4, 0.5) is 21.6 Å². The largest absolute Gasteiger partial charge is 0.392 e. The van der Waals surface area contributed by atoms with E-state index in [1.807, 2.05) is 34.9 Å². The van der Waals surface area contributed by atoms with E-state index in [-0.39, 0.29) is 17.8 Å². The Morgan fingerprint density at radius 2 is 1.89 bits per heavy atom. The Balaban J connectivity index is 1.18. The average molecular weight is 485 g/mol. The number of nitrogens with one attached hydrogen (secondary N) is 2. The number of benzene rings is 1. The van der Waals surface area contributed by atoms with E-state index in [2.05, 4.69) is 25.5 Å². The van der Waals surface area contributed by atoms with Crippen molar-refractivity contribution in [2.45, 2.75) is 25.5 Å². The number of hydrogen-bond acceptors (Lipinski definition) is 6. The molecule has 1 aromatic carbocycles. The molecular formula is C27H25FN6O2. The van der Waals surface area contributed by atoms with E-state index in [4.69, 9.17) is 0 Å². The molecule has 2 fully saturated rings. The predicted molar refractivity (Wildman–Crippen MR) is 134 cm³/mol. The molecule has 0 spiro atoms. The van der Waals surface area contributed by atoms with Crippen molar-refractivity contribution < 1.29 is 14.3 Å². The number of halogens is 1. The molecule has 3 aliphatic rings. The topological polar surface area (TPSA) is 94.8 Å². The minimum atomic E-state index is -0.343. The quantitative estimate of drug-likeness (QED) is 0.409. The molecule has 1 aliphatic carbocycles. The van der Waals surface area contributed by atoms with Gasteiger partial charge in [-0.3, -0.25) is 9.20 Å². The second kappa shape index (κ2) is 8.03. The van der Waals surface area contributed by atoms with Crippen LogP contribution in [0.25, 0.3) is 16.9 Å². The van der Waals surface area contributed by atoms with E-state index in [0.29, 0.717) is 41.1 Å². The lowest BCUT2D eigenvalue weighted by atomic mass is 9.95. The number of aliphatic hydroxyl groups is 1. The molecule has 36 heavy (non-hydrogen) atoms. The van der Waals surface area contributed by atoms with Gasteiger partial charge in [-0.15, -0.1) is 0 Å². The number of aromatic nitrogens is 3. The minimum Gasteiger partial charge on any atom is -0.392 e. The van der Waals surface area contributed by atoms with Gasteiger partial charge in [0.2, 0.25) is 0 Å². The van der Waals surface area contributed by atoms with Crippen LogP contribution in [0.2, 0.25) is 0 Å². The maximum atomic E-state index is 13.6. The fourth-order valence-corrected chi connectivity index (χ4v) is 6.04. The van der Waals surface area contributed by atoms with Crippen LogP contribution in [-0.4, -0.2) is 44.6 Å². The molecule has 7 rings (SSSR count). The second-order valence-corrected chi connectivity index (χ2v) is 9.93. The SMILES string of the molecule is O=C1NCc2c(-c3cnc4cc(F)ccn34)ccc(Nc3ccc(N4C[C@H]5CC[C@@H](C4)C5O)cn3)c21. The summed E-state index contributed by atoms with van der Waals surface area (Å²) in [6, 6.07) is 10.6. The highest BCUT2D eigenvalue weighted by Gasteiger charge is 2.41. The standard InChI is InChI=1S/C27H25FN6O2/c28-17-7-8-34-22(12-30-24(34)9-17)19-4-5-21(25-20(19)11-31-27(25)36)32-23-6-3-18(10-29-23)33-13-15-1-2-16(14-33)26(15)35/h3-10,12,15-16,26,35H,1-2,11,13-14H2,(H,29,32)(H,31,36)/t15-,16+,26?. The van der Waals surface area contributed by atoms with E-state index in [1.165, 1.54) is 12.1 Å². The van der Waals surface area contributed by atoms with E-state index >= 15 is 0 Å². The van der Waals surface area contributed by atoms with Crippen LogP contribution in [0.15, 0.2) is 55.0 Å². The summed E-state index contributed by atoms with van der Waals surface area (Å²) in [5.74, 6) is 0.845. The third kappa shape index (κ3) is 3.34. The van der Waals surface area contributed by atoms with Crippen molar-refractivity contribution in [2.24, 2.45) is 11.8 Å². The van der Waals surface area contributed by atoms with Gasteiger partial charge in [0, 0.05) is 49.3 Å². The van der Waals surface area contributed by atoms with Crippen molar-refractivity contribution in [3.05, 3.63) is 71.9 Å². The zero-order valence-corrected chi connectivity index (χ0v) is 19.5. The van der Waals surface area contributed by atoms with Gasteiger partial charge in [-0.25, -0.2) is 14.4 Å². The Morgan fingerprint density at radius 1 is 1.06 bits per heavy atom. The number of pyridine rings is 2. The van der Waals surface area contributed by atoms with Gasteiger partial charge in [-0.1, -0.05) is 6.07 Å². The lowest BCUT2D eigenvalue weighted by Gasteiger charge is -2.36. The number of fused-ring (bicyclic) bond motifs is 4. The van der Waals surface area contributed by atoms with E-state index < -0.39 is 0 Å². The Morgan fingerprint density at radius 3 is 2.67 bits per heavy atom. The summed E-state index contributed by atoms with van der Waals surface area (Å²) < 4.78 is 15.4. The minimum absolute atomic E-state index is 0.145. The molecule has 5 heterocycles. The summed E-state index contributed by atoms with van der Waals surface area (Å²) in [4.78, 5) is 24.0. The number of nitrogens with zero attached hydrogens (tertiary/aromatic N) is 4. The number of carbonyl (C=O) groups excluding carboxylic acids is 1. The molecule has 2 aliphatic heterocycles. The van der Waals surface area contributed by atoms with Gasteiger partial charge in [0.05, 0.1) is 41.1 Å². The number of amides is 1. The smallest absolute Gasteiger partial charge is 0.254 e. The second-order valence-electron chi connectivity index (χ2n) is 9.93. The molecule has 1 unspecified atom stereocenters. The maximum absolute atomic E-state index is 13.6. The summed E-state index contributed by atoms with van der Waals surface area (Å²) in [7, 11) is 0. The third-order valence-corrected chi connectivity index (χ3v) is 7.88. The monoisotopic (exact) mass is 484 g/mol. The van der Waals surface area contributed by atoms with E-state index in [0.717, 1.165) is 48.4 Å². The molecule has 2 bridgehead atoms. The Labute approximate surface area is 206 Å². The van der Waals surface area contributed by atoms with Crippen LogP contribution >= 0.6 is 0 Å². The molecule has 0 radical (unpaired) electrons. The van der Waals surface area contributed by atoms with E-state index in [9.17, 15) is 14.3 Å². The van der Waals surface area contributed by atoms with Gasteiger partial charge in [0.1, 0.15) is 17.3 Å². The number of rotatable bonds is 4.